The maximum Gasteiger partial charge on any atom is 0.254 e. The molecule has 1 aliphatic rings. The molecule has 0 radical (unpaired) electrons. The van der Waals surface area contributed by atoms with E-state index in [2.05, 4.69) is 5.32 Å². The molecule has 4 nitrogen and oxygen atoms in total. The highest BCUT2D eigenvalue weighted by Gasteiger charge is 2.23. The first-order valence-electron chi connectivity index (χ1n) is 6.79. The lowest BCUT2D eigenvalue weighted by Crippen LogP contribution is -2.44. The van der Waals surface area contributed by atoms with Crippen LogP contribution in [-0.4, -0.2) is 44.1 Å². The number of carbonyl (C=O) groups is 1. The van der Waals surface area contributed by atoms with Crippen LogP contribution in [0.25, 0.3) is 0 Å². The van der Waals surface area contributed by atoms with Gasteiger partial charge in [-0.2, -0.15) is 0 Å². The van der Waals surface area contributed by atoms with Gasteiger partial charge in [0, 0.05) is 31.8 Å². The average Bonchev–Trinajstić information content (AvgIpc) is 2.47. The largest absolute Gasteiger partial charge is 0.380 e. The number of methoxy groups -OCH3 is 1. The summed E-state index contributed by atoms with van der Waals surface area (Å²) in [5, 5.41) is 3.28. The first kappa shape index (κ1) is 17.0. The molecule has 20 heavy (non-hydrogen) atoms. The Morgan fingerprint density at radius 1 is 1.35 bits per heavy atom. The smallest absolute Gasteiger partial charge is 0.254 e. The second kappa shape index (κ2) is 8.25. The molecule has 1 heterocycles. The Hall–Kier alpha value is -1.10. The molecule has 1 fully saturated rings. The van der Waals surface area contributed by atoms with Crippen molar-refractivity contribution in [1.29, 1.82) is 0 Å². The number of nitrogens with one attached hydrogen (secondary N) is 1. The van der Waals surface area contributed by atoms with Crippen LogP contribution >= 0.6 is 12.4 Å². The number of likely N-dealkylation sites (tertiary alicyclic amines) is 1. The molecule has 1 N–H and O–H groups in total. The third-order valence-corrected chi connectivity index (χ3v) is 3.74. The van der Waals surface area contributed by atoms with Crippen LogP contribution in [0, 0.1) is 0 Å². The molecule has 112 valence electrons. The predicted octanol–water partition coefficient (Wildman–Crippen LogP) is 2.08. The summed E-state index contributed by atoms with van der Waals surface area (Å²) in [5.74, 6) is 0.127. The molecule has 2 rings (SSSR count). The van der Waals surface area contributed by atoms with E-state index in [9.17, 15) is 4.79 Å². The van der Waals surface area contributed by atoms with Crippen LogP contribution < -0.4 is 5.32 Å². The van der Waals surface area contributed by atoms with Crippen molar-refractivity contribution in [2.24, 2.45) is 0 Å². The molecule has 1 aromatic rings. The number of ether oxygens (including phenoxy) is 1. The van der Waals surface area contributed by atoms with Gasteiger partial charge in [-0.3, -0.25) is 4.79 Å². The van der Waals surface area contributed by atoms with E-state index in [4.69, 9.17) is 4.74 Å². The van der Waals surface area contributed by atoms with Crippen molar-refractivity contribution >= 4 is 18.3 Å². The number of hydrogen-bond acceptors (Lipinski definition) is 3. The van der Waals surface area contributed by atoms with Crippen molar-refractivity contribution in [2.75, 3.05) is 27.2 Å². The molecule has 5 heteroatoms. The Morgan fingerprint density at radius 2 is 2.00 bits per heavy atom. The second-order valence-corrected chi connectivity index (χ2v) is 4.95. The van der Waals surface area contributed by atoms with Gasteiger partial charge in [0.1, 0.15) is 0 Å². The summed E-state index contributed by atoms with van der Waals surface area (Å²) in [5.41, 5.74) is 1.73. The summed E-state index contributed by atoms with van der Waals surface area (Å²) in [4.78, 5) is 14.5. The number of benzene rings is 1. The van der Waals surface area contributed by atoms with Crippen LogP contribution in [0.15, 0.2) is 24.3 Å². The van der Waals surface area contributed by atoms with E-state index in [1.807, 2.05) is 36.2 Å². The first-order valence-corrected chi connectivity index (χ1v) is 6.79. The summed E-state index contributed by atoms with van der Waals surface area (Å²) in [7, 11) is 3.63. The van der Waals surface area contributed by atoms with Crippen molar-refractivity contribution in [3.8, 4) is 0 Å². The minimum atomic E-state index is 0. The maximum atomic E-state index is 12.5. The first-order chi connectivity index (χ1) is 9.26. The van der Waals surface area contributed by atoms with Crippen LogP contribution in [0.2, 0.25) is 0 Å². The lowest BCUT2D eigenvalue weighted by molar-refractivity contribution is 0.0702. The number of rotatable bonds is 4. The normalized spacial score (nSPS) is 15.8. The molecule has 0 aromatic heterocycles. The minimum Gasteiger partial charge on any atom is -0.380 e. The third kappa shape index (κ3) is 3.95. The van der Waals surface area contributed by atoms with Crippen molar-refractivity contribution in [1.82, 2.24) is 10.2 Å². The zero-order chi connectivity index (χ0) is 13.7. The van der Waals surface area contributed by atoms with E-state index >= 15 is 0 Å². The van der Waals surface area contributed by atoms with E-state index in [-0.39, 0.29) is 18.3 Å². The Morgan fingerprint density at radius 3 is 2.60 bits per heavy atom. The lowest BCUT2D eigenvalue weighted by Gasteiger charge is -2.32. The fraction of sp³-hybridized carbons (Fsp3) is 0.533. The van der Waals surface area contributed by atoms with E-state index in [0.717, 1.165) is 37.1 Å². The SMILES string of the molecule is CNC1CCN(C(=O)c2ccccc2COC)CC1.Cl. The quantitative estimate of drug-likeness (QED) is 0.925. The third-order valence-electron chi connectivity index (χ3n) is 3.74. The van der Waals surface area contributed by atoms with Gasteiger partial charge in [0.15, 0.2) is 0 Å². The number of amides is 1. The fourth-order valence-electron chi connectivity index (χ4n) is 2.55. The van der Waals surface area contributed by atoms with Gasteiger partial charge in [0.05, 0.1) is 6.61 Å². The molecule has 0 atom stereocenters. The molecule has 0 aliphatic carbocycles. The van der Waals surface area contributed by atoms with E-state index in [1.165, 1.54) is 0 Å². The second-order valence-electron chi connectivity index (χ2n) is 4.95. The summed E-state index contributed by atoms with van der Waals surface area (Å²) in [6.07, 6.45) is 2.05. The van der Waals surface area contributed by atoms with Crippen LogP contribution in [0.3, 0.4) is 0 Å². The van der Waals surface area contributed by atoms with Crippen molar-refractivity contribution in [3.05, 3.63) is 35.4 Å². The van der Waals surface area contributed by atoms with Gasteiger partial charge in [0.2, 0.25) is 0 Å². The molecule has 1 saturated heterocycles. The van der Waals surface area contributed by atoms with E-state index < -0.39 is 0 Å². The monoisotopic (exact) mass is 298 g/mol. The summed E-state index contributed by atoms with van der Waals surface area (Å²) >= 11 is 0. The molecule has 0 bridgehead atoms. The zero-order valence-corrected chi connectivity index (χ0v) is 12.9. The number of piperidine rings is 1. The maximum absolute atomic E-state index is 12.5. The number of halogens is 1. The van der Waals surface area contributed by atoms with Gasteiger partial charge in [-0.1, -0.05) is 18.2 Å². The highest BCUT2D eigenvalue weighted by atomic mass is 35.5. The Labute approximate surface area is 126 Å². The number of carbonyl (C=O) groups excluding carboxylic acids is 1. The highest BCUT2D eigenvalue weighted by molar-refractivity contribution is 5.95. The Bertz CT molecular complexity index is 432. The molecule has 1 aliphatic heterocycles. The molecular formula is C15H23ClN2O2. The zero-order valence-electron chi connectivity index (χ0n) is 12.1. The van der Waals surface area contributed by atoms with Gasteiger partial charge >= 0.3 is 0 Å². The number of nitrogens with zero attached hydrogens (tertiary/aromatic N) is 1. The van der Waals surface area contributed by atoms with E-state index in [0.29, 0.717) is 12.6 Å². The van der Waals surface area contributed by atoms with Gasteiger partial charge < -0.3 is 15.0 Å². The molecular weight excluding hydrogens is 276 g/mol. The highest BCUT2D eigenvalue weighted by Crippen LogP contribution is 2.17. The molecule has 0 saturated carbocycles. The summed E-state index contributed by atoms with van der Waals surface area (Å²) in [6, 6.07) is 8.24. The van der Waals surface area contributed by atoms with Crippen LogP contribution in [0.4, 0.5) is 0 Å². The van der Waals surface area contributed by atoms with Crippen LogP contribution in [-0.2, 0) is 11.3 Å². The summed E-state index contributed by atoms with van der Waals surface area (Å²) in [6.45, 7) is 2.13. The van der Waals surface area contributed by atoms with E-state index in [1.54, 1.807) is 7.11 Å². The van der Waals surface area contributed by atoms with Gasteiger partial charge in [-0.15, -0.1) is 12.4 Å². The molecule has 0 unspecified atom stereocenters. The predicted molar refractivity (Wildman–Crippen MR) is 82.4 cm³/mol. The topological polar surface area (TPSA) is 41.6 Å². The lowest BCUT2D eigenvalue weighted by atomic mass is 10.0. The molecule has 1 amide bonds. The van der Waals surface area contributed by atoms with Gasteiger partial charge in [-0.25, -0.2) is 0 Å². The van der Waals surface area contributed by atoms with Crippen LogP contribution in [0.1, 0.15) is 28.8 Å². The standard InChI is InChI=1S/C15H22N2O2.ClH/c1-16-13-7-9-17(10-8-13)15(18)14-6-4-3-5-12(14)11-19-2;/h3-6,13,16H,7-11H2,1-2H3;1H. The number of hydrogen-bond donors (Lipinski definition) is 1. The Kier molecular flexibility index (Phi) is 6.99. The van der Waals surface area contributed by atoms with Crippen molar-refractivity contribution in [2.45, 2.75) is 25.5 Å². The molecule has 0 spiro atoms. The van der Waals surface area contributed by atoms with Gasteiger partial charge in [-0.05, 0) is 31.5 Å². The average molecular weight is 299 g/mol. The van der Waals surface area contributed by atoms with Crippen molar-refractivity contribution in [3.63, 3.8) is 0 Å². The Balaban J connectivity index is 0.00000200. The minimum absolute atomic E-state index is 0. The fourth-order valence-corrected chi connectivity index (χ4v) is 2.55. The van der Waals surface area contributed by atoms with Gasteiger partial charge in [0.25, 0.3) is 5.91 Å². The molecule has 1 aromatic carbocycles. The van der Waals surface area contributed by atoms with Crippen LogP contribution in [0.5, 0.6) is 0 Å². The summed E-state index contributed by atoms with van der Waals surface area (Å²) < 4.78 is 5.16. The van der Waals surface area contributed by atoms with Crippen molar-refractivity contribution < 1.29 is 9.53 Å².